The molecule has 1 heterocycles. The predicted molar refractivity (Wildman–Crippen MR) is 85.7 cm³/mol. The Morgan fingerprint density at radius 3 is 2.48 bits per heavy atom. The lowest BCUT2D eigenvalue weighted by molar-refractivity contribution is -0.121. The van der Waals surface area contributed by atoms with Gasteiger partial charge in [0, 0.05) is 6.26 Å². The predicted octanol–water partition coefficient (Wildman–Crippen LogP) is 2.59. The van der Waals surface area contributed by atoms with Crippen LogP contribution in [0.3, 0.4) is 0 Å². The first-order valence-corrected chi connectivity index (χ1v) is 9.77. The van der Waals surface area contributed by atoms with E-state index in [9.17, 15) is 12.8 Å². The van der Waals surface area contributed by atoms with Crippen LogP contribution in [0, 0.1) is 5.82 Å². The van der Waals surface area contributed by atoms with Crippen LogP contribution in [-0.4, -0.2) is 45.5 Å². The van der Waals surface area contributed by atoms with Gasteiger partial charge in [-0.3, -0.25) is 4.90 Å². The number of benzene rings is 1. The van der Waals surface area contributed by atoms with Gasteiger partial charge in [-0.15, -0.1) is 0 Å². The van der Waals surface area contributed by atoms with Crippen LogP contribution in [-0.2, 0) is 21.2 Å². The number of hydrogen-bond acceptors (Lipinski definition) is 5. The topological polar surface area (TPSA) is 55.8 Å². The van der Waals surface area contributed by atoms with Crippen LogP contribution < -0.4 is 4.74 Å². The van der Waals surface area contributed by atoms with Gasteiger partial charge in [-0.25, -0.2) is 12.8 Å². The van der Waals surface area contributed by atoms with Crippen LogP contribution in [0.5, 0.6) is 5.75 Å². The first-order valence-electron chi connectivity index (χ1n) is 7.88. The second-order valence-electron chi connectivity index (χ2n) is 5.81. The lowest BCUT2D eigenvalue weighted by Crippen LogP contribution is -2.40. The zero-order chi connectivity index (χ0) is 17.0. The van der Waals surface area contributed by atoms with Crippen molar-refractivity contribution < 1.29 is 22.3 Å². The molecule has 0 amide bonds. The minimum Gasteiger partial charge on any atom is -0.463 e. The fraction of sp³-hybridized carbons (Fsp3) is 0.625. The Morgan fingerprint density at radius 2 is 1.91 bits per heavy atom. The van der Waals surface area contributed by atoms with E-state index in [4.69, 9.17) is 9.47 Å². The van der Waals surface area contributed by atoms with Gasteiger partial charge >= 0.3 is 0 Å². The van der Waals surface area contributed by atoms with Gasteiger partial charge in [0.2, 0.25) is 6.29 Å². The molecule has 1 aliphatic heterocycles. The summed E-state index contributed by atoms with van der Waals surface area (Å²) in [5, 5.41) is 0. The Hall–Kier alpha value is -1.18. The SMILES string of the molecule is CCCN(CCC)CC1OCc2c(F)cc(S(C)(=O)=O)cc2O1. The summed E-state index contributed by atoms with van der Waals surface area (Å²) in [7, 11) is -3.49. The third kappa shape index (κ3) is 4.65. The molecule has 1 aliphatic rings. The molecule has 0 N–H and O–H groups in total. The van der Waals surface area contributed by atoms with Gasteiger partial charge in [-0.2, -0.15) is 0 Å². The third-order valence-electron chi connectivity index (χ3n) is 3.72. The molecule has 0 spiro atoms. The lowest BCUT2D eigenvalue weighted by atomic mass is 10.2. The van der Waals surface area contributed by atoms with Gasteiger partial charge < -0.3 is 9.47 Å². The molecule has 0 bridgehead atoms. The highest BCUT2D eigenvalue weighted by Gasteiger charge is 2.26. The molecule has 0 aromatic heterocycles. The minimum atomic E-state index is -3.49. The summed E-state index contributed by atoms with van der Waals surface area (Å²) in [6.45, 7) is 6.74. The van der Waals surface area contributed by atoms with Crippen LogP contribution >= 0.6 is 0 Å². The monoisotopic (exact) mass is 345 g/mol. The fourth-order valence-electron chi connectivity index (χ4n) is 2.63. The molecule has 0 saturated carbocycles. The number of hydrogen-bond donors (Lipinski definition) is 0. The molecule has 0 radical (unpaired) electrons. The Morgan fingerprint density at radius 1 is 1.26 bits per heavy atom. The van der Waals surface area contributed by atoms with E-state index in [1.54, 1.807) is 0 Å². The van der Waals surface area contributed by atoms with Gasteiger partial charge in [0.15, 0.2) is 9.84 Å². The minimum absolute atomic E-state index is 0.0756. The average molecular weight is 345 g/mol. The van der Waals surface area contributed by atoms with Crippen molar-refractivity contribution in [2.45, 2.75) is 44.5 Å². The summed E-state index contributed by atoms with van der Waals surface area (Å²) in [5.41, 5.74) is 0.270. The number of sulfone groups is 1. The summed E-state index contributed by atoms with van der Waals surface area (Å²) in [5.74, 6) is -0.352. The maximum Gasteiger partial charge on any atom is 0.213 e. The maximum atomic E-state index is 14.1. The van der Waals surface area contributed by atoms with Gasteiger partial charge in [-0.1, -0.05) is 13.8 Å². The summed E-state index contributed by atoms with van der Waals surface area (Å²) < 4.78 is 48.6. The van der Waals surface area contributed by atoms with Gasteiger partial charge in [-0.05, 0) is 38.1 Å². The largest absolute Gasteiger partial charge is 0.463 e. The average Bonchev–Trinajstić information content (AvgIpc) is 2.46. The van der Waals surface area contributed by atoms with Crippen molar-refractivity contribution in [1.29, 1.82) is 0 Å². The molecule has 1 aromatic rings. The van der Waals surface area contributed by atoms with Crippen molar-refractivity contribution in [1.82, 2.24) is 4.90 Å². The quantitative estimate of drug-likeness (QED) is 0.760. The Kier molecular flexibility index (Phi) is 6.00. The highest BCUT2D eigenvalue weighted by Crippen LogP contribution is 2.31. The lowest BCUT2D eigenvalue weighted by Gasteiger charge is -2.31. The van der Waals surface area contributed by atoms with E-state index >= 15 is 0 Å². The first kappa shape index (κ1) is 18.2. The second-order valence-corrected chi connectivity index (χ2v) is 7.83. The number of rotatable bonds is 7. The van der Waals surface area contributed by atoms with Crippen molar-refractivity contribution in [2.75, 3.05) is 25.9 Å². The Balaban J connectivity index is 2.17. The van der Waals surface area contributed by atoms with E-state index in [2.05, 4.69) is 18.7 Å². The molecule has 23 heavy (non-hydrogen) atoms. The molecular formula is C16H24FNO4S. The number of fused-ring (bicyclic) bond motifs is 1. The Labute approximate surface area is 137 Å². The fourth-order valence-corrected chi connectivity index (χ4v) is 3.27. The van der Waals surface area contributed by atoms with Crippen LogP contribution in [0.1, 0.15) is 32.3 Å². The molecule has 1 atom stereocenters. The zero-order valence-electron chi connectivity index (χ0n) is 13.8. The van der Waals surface area contributed by atoms with Gasteiger partial charge in [0.25, 0.3) is 0 Å². The molecule has 5 nitrogen and oxygen atoms in total. The summed E-state index contributed by atoms with van der Waals surface area (Å²) in [4.78, 5) is 2.15. The molecule has 7 heteroatoms. The zero-order valence-corrected chi connectivity index (χ0v) is 14.7. The highest BCUT2D eigenvalue weighted by atomic mass is 32.2. The van der Waals surface area contributed by atoms with Crippen molar-refractivity contribution in [3.05, 3.63) is 23.5 Å². The van der Waals surface area contributed by atoms with Crippen molar-refractivity contribution in [2.24, 2.45) is 0 Å². The van der Waals surface area contributed by atoms with E-state index in [-0.39, 0.29) is 22.8 Å². The molecule has 2 rings (SSSR count). The molecule has 130 valence electrons. The maximum absolute atomic E-state index is 14.1. The van der Waals surface area contributed by atoms with E-state index in [0.29, 0.717) is 6.54 Å². The van der Waals surface area contributed by atoms with Crippen LogP contribution in [0.4, 0.5) is 4.39 Å². The van der Waals surface area contributed by atoms with Crippen molar-refractivity contribution in [3.8, 4) is 5.75 Å². The molecule has 0 fully saturated rings. The van der Waals surface area contributed by atoms with E-state index in [0.717, 1.165) is 38.3 Å². The normalized spacial score (nSPS) is 17.9. The first-order chi connectivity index (χ1) is 10.8. The van der Waals surface area contributed by atoms with E-state index in [1.165, 1.54) is 6.07 Å². The van der Waals surface area contributed by atoms with Crippen LogP contribution in [0.15, 0.2) is 17.0 Å². The second kappa shape index (κ2) is 7.59. The number of halogens is 1. The summed E-state index contributed by atoms with van der Waals surface area (Å²) >= 11 is 0. The van der Waals surface area contributed by atoms with E-state index < -0.39 is 21.9 Å². The molecule has 1 unspecified atom stereocenters. The standard InChI is InChI=1S/C16H24FNO4S/c1-4-6-18(7-5-2)10-16-21-11-13-14(17)8-12(23(3,19)20)9-15(13)22-16/h8-9,16H,4-7,10-11H2,1-3H3. The van der Waals surface area contributed by atoms with Gasteiger partial charge in [0.05, 0.1) is 23.6 Å². The summed E-state index contributed by atoms with van der Waals surface area (Å²) in [6, 6.07) is 2.40. The highest BCUT2D eigenvalue weighted by molar-refractivity contribution is 7.90. The molecular weight excluding hydrogens is 321 g/mol. The third-order valence-corrected chi connectivity index (χ3v) is 4.81. The molecule has 0 aliphatic carbocycles. The molecule has 0 saturated heterocycles. The van der Waals surface area contributed by atoms with E-state index in [1.807, 2.05) is 0 Å². The van der Waals surface area contributed by atoms with Gasteiger partial charge in [0.1, 0.15) is 11.6 Å². The van der Waals surface area contributed by atoms with Crippen molar-refractivity contribution in [3.63, 3.8) is 0 Å². The van der Waals surface area contributed by atoms with Crippen LogP contribution in [0.25, 0.3) is 0 Å². The van der Waals surface area contributed by atoms with Crippen molar-refractivity contribution >= 4 is 9.84 Å². The molecule has 1 aromatic carbocycles. The summed E-state index contributed by atoms with van der Waals surface area (Å²) in [6.07, 6.45) is 2.58. The smallest absolute Gasteiger partial charge is 0.213 e. The van der Waals surface area contributed by atoms with Crippen LogP contribution in [0.2, 0.25) is 0 Å². The number of ether oxygens (including phenoxy) is 2. The number of nitrogens with zero attached hydrogens (tertiary/aromatic N) is 1. The Bertz CT molecular complexity index is 642.